The number of nitrogens with zero attached hydrogens (tertiary/aromatic N) is 3. The largest absolute Gasteiger partial charge is 0.508 e. The van der Waals surface area contributed by atoms with Crippen LogP contribution in [-0.2, 0) is 11.3 Å². The van der Waals surface area contributed by atoms with Gasteiger partial charge in [0.2, 0.25) is 0 Å². The summed E-state index contributed by atoms with van der Waals surface area (Å²) in [6.07, 6.45) is 0. The monoisotopic (exact) mass is 430 g/mol. The van der Waals surface area contributed by atoms with Gasteiger partial charge in [-0.2, -0.15) is 5.10 Å². The first-order valence-electron chi connectivity index (χ1n) is 8.97. The zero-order chi connectivity index (χ0) is 20.8. The number of carbonyl (C=O) groups excluding carboxylic acids is 1. The number of hydrazone groups is 1. The van der Waals surface area contributed by atoms with Gasteiger partial charge in [-0.05, 0) is 62.0 Å². The van der Waals surface area contributed by atoms with E-state index < -0.39 is 0 Å². The van der Waals surface area contributed by atoms with Crippen molar-refractivity contribution in [1.82, 2.24) is 15.6 Å². The Morgan fingerprint density at radius 2 is 2.07 bits per heavy atom. The van der Waals surface area contributed by atoms with Gasteiger partial charge in [-0.15, -0.1) is 5.10 Å². The van der Waals surface area contributed by atoms with Gasteiger partial charge < -0.3 is 5.11 Å². The van der Waals surface area contributed by atoms with Crippen LogP contribution in [0.2, 0.25) is 5.02 Å². The highest BCUT2D eigenvalue weighted by Gasteiger charge is 2.21. The number of H-pyrrole nitrogens is 1. The van der Waals surface area contributed by atoms with Crippen molar-refractivity contribution >= 4 is 35.0 Å². The molecular formula is C20H21ClN5O2S+. The zero-order valence-corrected chi connectivity index (χ0v) is 17.6. The van der Waals surface area contributed by atoms with Crippen LogP contribution >= 0.6 is 23.4 Å². The first-order valence-corrected chi connectivity index (χ1v) is 10.3. The minimum Gasteiger partial charge on any atom is -0.508 e. The predicted molar refractivity (Wildman–Crippen MR) is 114 cm³/mol. The van der Waals surface area contributed by atoms with Crippen molar-refractivity contribution in [3.63, 3.8) is 0 Å². The third-order valence-electron chi connectivity index (χ3n) is 4.14. The molecule has 0 saturated heterocycles. The van der Waals surface area contributed by atoms with Crippen LogP contribution in [-0.4, -0.2) is 32.7 Å². The minimum absolute atomic E-state index is 0.151. The maximum atomic E-state index is 12.2. The number of carbonyl (C=O) groups is 1. The summed E-state index contributed by atoms with van der Waals surface area (Å²) in [6.45, 7) is 4.48. The Morgan fingerprint density at radius 3 is 2.76 bits per heavy atom. The van der Waals surface area contributed by atoms with Gasteiger partial charge in [-0.25, -0.2) is 9.99 Å². The van der Waals surface area contributed by atoms with Gasteiger partial charge in [-0.1, -0.05) is 23.7 Å². The van der Waals surface area contributed by atoms with E-state index in [1.165, 1.54) is 11.8 Å². The van der Waals surface area contributed by atoms with Crippen LogP contribution in [0.25, 0.3) is 11.4 Å². The molecule has 0 bridgehead atoms. The normalized spacial score (nSPS) is 11.5. The summed E-state index contributed by atoms with van der Waals surface area (Å²) in [5, 5.41) is 22.4. The lowest BCUT2D eigenvalue weighted by atomic mass is 10.1. The van der Waals surface area contributed by atoms with E-state index in [0.717, 1.165) is 17.0 Å². The maximum Gasteiger partial charge on any atom is 0.337 e. The molecule has 150 valence electrons. The summed E-state index contributed by atoms with van der Waals surface area (Å²) in [7, 11) is 0. The fraction of sp³-hybridized carbons (Fsp3) is 0.200. The lowest BCUT2D eigenvalue weighted by Crippen LogP contribution is -2.36. The van der Waals surface area contributed by atoms with Gasteiger partial charge in [-0.3, -0.25) is 4.79 Å². The molecule has 0 aliphatic carbocycles. The van der Waals surface area contributed by atoms with E-state index in [-0.39, 0.29) is 17.4 Å². The number of phenolic OH excluding ortho intramolecular Hbond substituents is 1. The molecule has 9 heteroatoms. The molecule has 29 heavy (non-hydrogen) atoms. The van der Waals surface area contributed by atoms with E-state index in [9.17, 15) is 9.90 Å². The van der Waals surface area contributed by atoms with Crippen LogP contribution in [0.4, 0.5) is 0 Å². The maximum absolute atomic E-state index is 12.2. The van der Waals surface area contributed by atoms with Gasteiger partial charge in [0.05, 0.1) is 28.7 Å². The molecule has 3 aromatic rings. The number of benzene rings is 2. The number of hydrogen-bond donors (Lipinski definition) is 3. The van der Waals surface area contributed by atoms with Crippen LogP contribution < -0.4 is 9.99 Å². The summed E-state index contributed by atoms with van der Waals surface area (Å²) >= 11 is 7.28. The van der Waals surface area contributed by atoms with Crippen LogP contribution in [0, 0.1) is 0 Å². The Labute approximate surface area is 177 Å². The molecule has 1 aromatic heterocycles. The second kappa shape index (κ2) is 9.58. The standard InChI is InChI=1S/C20H20ClN5O2S/c1-3-26-19(14-7-9-16(21)10-8-14)24-25-20(26)29-12-18(28)23-22-13(2)15-5-4-6-17(27)11-15/h4-11H,3,12H2,1-2H3,(H2,23,27,28)/p+1/b22-13+. The van der Waals surface area contributed by atoms with E-state index >= 15 is 0 Å². The van der Waals surface area contributed by atoms with Gasteiger partial charge in [0, 0.05) is 10.6 Å². The summed E-state index contributed by atoms with van der Waals surface area (Å²) in [5.74, 6) is 0.929. The molecule has 0 aliphatic rings. The van der Waals surface area contributed by atoms with Gasteiger partial charge in [0.1, 0.15) is 5.75 Å². The number of rotatable bonds is 7. The van der Waals surface area contributed by atoms with E-state index in [1.54, 1.807) is 25.1 Å². The number of aromatic hydroxyl groups is 1. The van der Waals surface area contributed by atoms with E-state index in [0.29, 0.717) is 22.4 Å². The Balaban J connectivity index is 1.63. The number of halogens is 1. The molecule has 0 aliphatic heterocycles. The van der Waals surface area contributed by atoms with Crippen LogP contribution in [0.15, 0.2) is 58.8 Å². The molecule has 0 atom stereocenters. The van der Waals surface area contributed by atoms with Gasteiger partial charge in [0.25, 0.3) is 11.7 Å². The van der Waals surface area contributed by atoms with Crippen LogP contribution in [0.3, 0.4) is 0 Å². The molecule has 7 nitrogen and oxygen atoms in total. The SMILES string of the molecule is CC[n+]1c(SCC(=O)N/N=C(\C)c2cccc(O)c2)n[nH]c1-c1ccc(Cl)cc1. The highest BCUT2D eigenvalue weighted by molar-refractivity contribution is 7.99. The second-order valence-corrected chi connectivity index (χ2v) is 7.56. The Morgan fingerprint density at radius 1 is 1.31 bits per heavy atom. The van der Waals surface area contributed by atoms with Crippen molar-refractivity contribution in [2.24, 2.45) is 5.10 Å². The molecule has 3 rings (SSSR count). The minimum atomic E-state index is -0.242. The molecule has 1 heterocycles. The van der Waals surface area contributed by atoms with E-state index in [1.807, 2.05) is 41.8 Å². The third kappa shape index (κ3) is 5.36. The quantitative estimate of drug-likeness (QED) is 0.232. The third-order valence-corrected chi connectivity index (χ3v) is 5.37. The lowest BCUT2D eigenvalue weighted by Gasteiger charge is -2.03. The number of aromatic nitrogens is 3. The van der Waals surface area contributed by atoms with Crippen molar-refractivity contribution in [2.75, 3.05) is 5.75 Å². The highest BCUT2D eigenvalue weighted by Crippen LogP contribution is 2.20. The zero-order valence-electron chi connectivity index (χ0n) is 16.0. The number of amides is 1. The van der Waals surface area contributed by atoms with Crippen molar-refractivity contribution in [3.05, 3.63) is 59.1 Å². The van der Waals surface area contributed by atoms with Gasteiger partial charge in [0.15, 0.2) is 0 Å². The van der Waals surface area contributed by atoms with Crippen LogP contribution in [0.5, 0.6) is 5.75 Å². The molecule has 3 N–H and O–H groups in total. The van der Waals surface area contributed by atoms with Crippen LogP contribution in [0.1, 0.15) is 19.4 Å². The molecule has 1 amide bonds. The predicted octanol–water partition coefficient (Wildman–Crippen LogP) is 3.38. The summed E-state index contributed by atoms with van der Waals surface area (Å²) in [6, 6.07) is 14.2. The number of phenols is 1. The fourth-order valence-corrected chi connectivity index (χ4v) is 3.59. The molecule has 0 spiro atoms. The van der Waals surface area contributed by atoms with Crippen molar-refractivity contribution in [2.45, 2.75) is 25.5 Å². The van der Waals surface area contributed by atoms with Crippen molar-refractivity contribution in [1.29, 1.82) is 0 Å². The fourth-order valence-electron chi connectivity index (χ4n) is 2.65. The van der Waals surface area contributed by atoms with Crippen molar-refractivity contribution < 1.29 is 14.5 Å². The molecule has 2 aromatic carbocycles. The first-order chi connectivity index (χ1) is 14.0. The number of nitrogens with one attached hydrogen (secondary N) is 2. The molecule has 0 unspecified atom stereocenters. The topological polar surface area (TPSA) is 94.2 Å². The average molecular weight is 431 g/mol. The summed E-state index contributed by atoms with van der Waals surface area (Å²) in [5.41, 5.74) is 4.84. The number of aromatic amines is 1. The number of thioether (sulfide) groups is 1. The van der Waals surface area contributed by atoms with E-state index in [4.69, 9.17) is 11.6 Å². The summed E-state index contributed by atoms with van der Waals surface area (Å²) < 4.78 is 2.00. The summed E-state index contributed by atoms with van der Waals surface area (Å²) in [4.78, 5) is 12.2. The van der Waals surface area contributed by atoms with Gasteiger partial charge >= 0.3 is 5.16 Å². The number of hydrogen-bond acceptors (Lipinski definition) is 5. The molecule has 0 radical (unpaired) electrons. The molecular weight excluding hydrogens is 410 g/mol. The first kappa shape index (κ1) is 20.9. The highest BCUT2D eigenvalue weighted by atomic mass is 35.5. The smallest absolute Gasteiger partial charge is 0.337 e. The average Bonchev–Trinajstić information content (AvgIpc) is 3.14. The Hall–Kier alpha value is -2.84. The second-order valence-electron chi connectivity index (χ2n) is 6.18. The van der Waals surface area contributed by atoms with Crippen molar-refractivity contribution in [3.8, 4) is 17.1 Å². The lowest BCUT2D eigenvalue weighted by molar-refractivity contribution is -0.719. The Kier molecular flexibility index (Phi) is 6.90. The molecule has 0 saturated carbocycles. The molecule has 0 fully saturated rings. The van der Waals surface area contributed by atoms with E-state index in [2.05, 4.69) is 20.7 Å². The Bertz CT molecular complexity index is 1030.